The lowest BCUT2D eigenvalue weighted by molar-refractivity contribution is 0.0353. The van der Waals surface area contributed by atoms with Gasteiger partial charge in [0.25, 0.3) is 0 Å². The van der Waals surface area contributed by atoms with Crippen LogP contribution in [0.2, 0.25) is 0 Å². The third kappa shape index (κ3) is 14.5. The zero-order valence-corrected chi connectivity index (χ0v) is 16.1. The molecule has 1 fully saturated rings. The van der Waals surface area contributed by atoms with E-state index in [-0.39, 0.29) is 6.10 Å². The van der Waals surface area contributed by atoms with E-state index in [9.17, 15) is 0 Å². The predicted octanol–water partition coefficient (Wildman–Crippen LogP) is 5.51. The lowest BCUT2D eigenvalue weighted by atomic mass is 10.0. The monoisotopic (exact) mass is 368 g/mol. The van der Waals surface area contributed by atoms with E-state index < -0.39 is 4.84 Å². The van der Waals surface area contributed by atoms with Crippen molar-refractivity contribution in [3.8, 4) is 0 Å². The van der Waals surface area contributed by atoms with Crippen molar-refractivity contribution in [3.05, 3.63) is 0 Å². The van der Waals surface area contributed by atoms with Gasteiger partial charge in [0.1, 0.15) is 10.9 Å². The third-order valence-electron chi connectivity index (χ3n) is 4.11. The van der Waals surface area contributed by atoms with Crippen molar-refractivity contribution in [2.45, 2.75) is 88.2 Å². The van der Waals surface area contributed by atoms with Crippen LogP contribution in [0.15, 0.2) is 0 Å². The van der Waals surface area contributed by atoms with Crippen LogP contribution in [0.5, 0.6) is 0 Å². The van der Waals surface area contributed by atoms with Crippen molar-refractivity contribution >= 4 is 23.2 Å². The maximum atomic E-state index is 5.84. The van der Waals surface area contributed by atoms with Crippen molar-refractivity contribution in [1.82, 2.24) is 0 Å². The van der Waals surface area contributed by atoms with Gasteiger partial charge in [0.05, 0.1) is 25.9 Å². The fourth-order valence-corrected chi connectivity index (χ4v) is 2.79. The van der Waals surface area contributed by atoms with Crippen LogP contribution < -0.4 is 0 Å². The second-order valence-electron chi connectivity index (χ2n) is 6.43. The minimum Gasteiger partial charge on any atom is -0.379 e. The highest BCUT2D eigenvalue weighted by molar-refractivity contribution is 6.44. The quantitative estimate of drug-likeness (QED) is 0.192. The molecule has 1 aliphatic heterocycles. The van der Waals surface area contributed by atoms with Gasteiger partial charge >= 0.3 is 0 Å². The molecule has 1 saturated heterocycles. The van der Waals surface area contributed by atoms with E-state index in [0.717, 1.165) is 39.1 Å². The average Bonchev–Trinajstić information content (AvgIpc) is 3.34. The summed E-state index contributed by atoms with van der Waals surface area (Å²) >= 11 is 11.6. The van der Waals surface area contributed by atoms with Gasteiger partial charge < -0.3 is 14.2 Å². The van der Waals surface area contributed by atoms with Crippen molar-refractivity contribution < 1.29 is 14.2 Å². The van der Waals surface area contributed by atoms with Crippen LogP contribution in [0.4, 0.5) is 0 Å². The Balaban J connectivity index is 2.01. The Bertz CT molecular complexity index is 261. The number of hydrogen-bond acceptors (Lipinski definition) is 3. The molecule has 5 heteroatoms. The van der Waals surface area contributed by atoms with Gasteiger partial charge in [-0.05, 0) is 19.3 Å². The molecular formula is C18H34Cl2O3. The zero-order valence-electron chi connectivity index (χ0n) is 14.6. The van der Waals surface area contributed by atoms with E-state index in [1.165, 1.54) is 44.9 Å². The van der Waals surface area contributed by atoms with Gasteiger partial charge in [0, 0.05) is 6.61 Å². The summed E-state index contributed by atoms with van der Waals surface area (Å²) in [5, 5.41) is 0. The van der Waals surface area contributed by atoms with Gasteiger partial charge in [-0.15, -0.1) is 23.2 Å². The number of alkyl halides is 2. The van der Waals surface area contributed by atoms with E-state index >= 15 is 0 Å². The van der Waals surface area contributed by atoms with Crippen LogP contribution >= 0.6 is 23.2 Å². The zero-order chi connectivity index (χ0) is 16.8. The van der Waals surface area contributed by atoms with E-state index in [0.29, 0.717) is 12.7 Å². The Kier molecular flexibility index (Phi) is 13.8. The minimum absolute atomic E-state index is 0.256. The molecule has 1 rings (SSSR count). The largest absolute Gasteiger partial charge is 0.379 e. The molecule has 23 heavy (non-hydrogen) atoms. The Morgan fingerprint density at radius 2 is 1.65 bits per heavy atom. The number of halogens is 2. The number of epoxide rings is 1. The maximum absolute atomic E-state index is 5.84. The van der Waals surface area contributed by atoms with Gasteiger partial charge in [-0.2, -0.15) is 0 Å². The van der Waals surface area contributed by atoms with Gasteiger partial charge in [0.2, 0.25) is 0 Å². The summed E-state index contributed by atoms with van der Waals surface area (Å²) in [5.41, 5.74) is 0. The predicted molar refractivity (Wildman–Crippen MR) is 97.6 cm³/mol. The van der Waals surface area contributed by atoms with E-state index in [2.05, 4.69) is 6.92 Å². The van der Waals surface area contributed by atoms with Crippen molar-refractivity contribution in [2.24, 2.45) is 0 Å². The van der Waals surface area contributed by atoms with Gasteiger partial charge in [-0.25, -0.2) is 0 Å². The summed E-state index contributed by atoms with van der Waals surface area (Å²) in [4.78, 5) is -0.435. The second-order valence-corrected chi connectivity index (χ2v) is 7.71. The summed E-state index contributed by atoms with van der Waals surface area (Å²) in [7, 11) is 0. The molecule has 0 aromatic carbocycles. The van der Waals surface area contributed by atoms with E-state index in [1.54, 1.807) is 0 Å². The summed E-state index contributed by atoms with van der Waals surface area (Å²) in [6.07, 6.45) is 13.0. The molecule has 1 heterocycles. The Hall–Kier alpha value is 0.460. The number of hydrogen-bond donors (Lipinski definition) is 0. The molecule has 1 aliphatic rings. The molecule has 138 valence electrons. The lowest BCUT2D eigenvalue weighted by Gasteiger charge is -2.18. The Morgan fingerprint density at radius 1 is 1.00 bits per heavy atom. The highest BCUT2D eigenvalue weighted by Crippen LogP contribution is 2.16. The molecule has 0 radical (unpaired) electrons. The summed E-state index contributed by atoms with van der Waals surface area (Å²) in [6.45, 7) is 5.04. The first kappa shape index (κ1) is 21.5. The smallest absolute Gasteiger partial charge is 0.131 e. The SMILES string of the molecule is CCCCCCCCCC(CCCOCC1CO1)OCC(Cl)Cl. The van der Waals surface area contributed by atoms with Crippen LogP contribution in [0, 0.1) is 0 Å². The topological polar surface area (TPSA) is 31.0 Å². The molecule has 0 N–H and O–H groups in total. The maximum Gasteiger partial charge on any atom is 0.131 e. The van der Waals surface area contributed by atoms with Gasteiger partial charge in [0.15, 0.2) is 0 Å². The van der Waals surface area contributed by atoms with Gasteiger partial charge in [-0.3, -0.25) is 0 Å². The Morgan fingerprint density at radius 3 is 2.30 bits per heavy atom. The fraction of sp³-hybridized carbons (Fsp3) is 1.00. The highest BCUT2D eigenvalue weighted by atomic mass is 35.5. The summed E-state index contributed by atoms with van der Waals surface area (Å²) in [6, 6.07) is 0. The van der Waals surface area contributed by atoms with Crippen molar-refractivity contribution in [3.63, 3.8) is 0 Å². The standard InChI is InChI=1S/C18H34Cl2O3/c1-2-3-4-5-6-7-8-10-16(23-15-18(19)20)11-9-12-21-13-17-14-22-17/h16-18H,2-15H2,1H3. The molecule has 0 bridgehead atoms. The van der Waals surface area contributed by atoms with Crippen LogP contribution in [-0.2, 0) is 14.2 Å². The minimum atomic E-state index is -0.435. The molecule has 2 atom stereocenters. The molecular weight excluding hydrogens is 335 g/mol. The highest BCUT2D eigenvalue weighted by Gasteiger charge is 2.22. The molecule has 0 spiro atoms. The summed E-state index contributed by atoms with van der Waals surface area (Å²) < 4.78 is 16.5. The number of ether oxygens (including phenoxy) is 3. The number of unbranched alkanes of at least 4 members (excludes halogenated alkanes) is 6. The van der Waals surface area contributed by atoms with E-state index in [4.69, 9.17) is 37.4 Å². The molecule has 0 aliphatic carbocycles. The van der Waals surface area contributed by atoms with Crippen LogP contribution in [0.3, 0.4) is 0 Å². The van der Waals surface area contributed by atoms with Crippen molar-refractivity contribution in [2.75, 3.05) is 26.4 Å². The van der Waals surface area contributed by atoms with E-state index in [1.807, 2.05) is 0 Å². The second kappa shape index (κ2) is 14.8. The average molecular weight is 369 g/mol. The van der Waals surface area contributed by atoms with Crippen LogP contribution in [-0.4, -0.2) is 43.5 Å². The first-order chi connectivity index (χ1) is 11.2. The molecule has 0 aromatic heterocycles. The van der Waals surface area contributed by atoms with Crippen molar-refractivity contribution in [1.29, 1.82) is 0 Å². The first-order valence-electron chi connectivity index (χ1n) is 9.31. The normalized spacial score (nSPS) is 18.5. The first-order valence-corrected chi connectivity index (χ1v) is 10.2. The molecule has 2 unspecified atom stereocenters. The fourth-order valence-electron chi connectivity index (χ4n) is 2.64. The summed E-state index contributed by atoms with van der Waals surface area (Å²) in [5.74, 6) is 0. The number of rotatable bonds is 17. The molecule has 0 amide bonds. The lowest BCUT2D eigenvalue weighted by Crippen LogP contribution is -2.17. The Labute approximate surface area is 152 Å². The van der Waals surface area contributed by atoms with Crippen LogP contribution in [0.1, 0.15) is 71.1 Å². The molecule has 0 aromatic rings. The van der Waals surface area contributed by atoms with Gasteiger partial charge in [-0.1, -0.05) is 51.9 Å². The van der Waals surface area contributed by atoms with Crippen LogP contribution in [0.25, 0.3) is 0 Å². The molecule has 3 nitrogen and oxygen atoms in total. The third-order valence-corrected chi connectivity index (χ3v) is 4.36. The molecule has 0 saturated carbocycles.